The van der Waals surface area contributed by atoms with E-state index >= 15 is 0 Å². The molecule has 3 nitrogen and oxygen atoms in total. The molecule has 4 rings (SSSR count). The van der Waals surface area contributed by atoms with Gasteiger partial charge in [-0.05, 0) is 41.3 Å². The first kappa shape index (κ1) is 18.9. The lowest BCUT2D eigenvalue weighted by atomic mass is 9.88. The van der Waals surface area contributed by atoms with Gasteiger partial charge < -0.3 is 10.3 Å². The van der Waals surface area contributed by atoms with Gasteiger partial charge in [0.15, 0.2) is 0 Å². The van der Waals surface area contributed by atoms with Gasteiger partial charge in [0.25, 0.3) is 0 Å². The second kappa shape index (κ2) is 8.74. The summed E-state index contributed by atoms with van der Waals surface area (Å²) < 4.78 is 13.9. The fourth-order valence-corrected chi connectivity index (χ4v) is 3.76. The summed E-state index contributed by atoms with van der Waals surface area (Å²) in [6, 6.07) is 24.6. The molecular formula is C25H23FN2O. The number of fused-ring (bicyclic) bond motifs is 1. The summed E-state index contributed by atoms with van der Waals surface area (Å²) in [5.41, 5.74) is 4.00. The van der Waals surface area contributed by atoms with Crippen LogP contribution in [0.2, 0.25) is 0 Å². The maximum Gasteiger partial charge on any atom is 0.220 e. The van der Waals surface area contributed by atoms with Gasteiger partial charge in [-0.3, -0.25) is 4.79 Å². The molecule has 0 aliphatic rings. The Bertz CT molecular complexity index is 1100. The van der Waals surface area contributed by atoms with Crippen LogP contribution in [0.25, 0.3) is 10.9 Å². The molecule has 0 spiro atoms. The summed E-state index contributed by atoms with van der Waals surface area (Å²) >= 11 is 0. The van der Waals surface area contributed by atoms with Gasteiger partial charge in [0.2, 0.25) is 5.91 Å². The molecule has 146 valence electrons. The van der Waals surface area contributed by atoms with Crippen molar-refractivity contribution in [1.29, 1.82) is 0 Å². The summed E-state index contributed by atoms with van der Waals surface area (Å²) in [5, 5.41) is 4.07. The van der Waals surface area contributed by atoms with Crippen molar-refractivity contribution in [3.63, 3.8) is 0 Å². The van der Waals surface area contributed by atoms with Crippen molar-refractivity contribution in [1.82, 2.24) is 10.3 Å². The van der Waals surface area contributed by atoms with Crippen molar-refractivity contribution in [3.05, 3.63) is 108 Å². The predicted octanol–water partition coefficient (Wildman–Crippen LogP) is 5.19. The number of H-pyrrole nitrogens is 1. The molecule has 29 heavy (non-hydrogen) atoms. The van der Waals surface area contributed by atoms with E-state index in [1.165, 1.54) is 17.7 Å². The van der Waals surface area contributed by atoms with E-state index in [9.17, 15) is 9.18 Å². The van der Waals surface area contributed by atoms with E-state index in [2.05, 4.69) is 10.3 Å². The van der Waals surface area contributed by atoms with Crippen LogP contribution in [0.15, 0.2) is 85.1 Å². The molecule has 0 radical (unpaired) electrons. The van der Waals surface area contributed by atoms with Gasteiger partial charge in [0.05, 0.1) is 0 Å². The maximum absolute atomic E-state index is 13.9. The van der Waals surface area contributed by atoms with Crippen LogP contribution in [0, 0.1) is 5.82 Å². The Morgan fingerprint density at radius 2 is 1.76 bits per heavy atom. The molecule has 4 aromatic rings. The number of hydrogen-bond acceptors (Lipinski definition) is 1. The van der Waals surface area contributed by atoms with E-state index < -0.39 is 0 Å². The molecule has 0 unspecified atom stereocenters. The Morgan fingerprint density at radius 1 is 0.966 bits per heavy atom. The summed E-state index contributed by atoms with van der Waals surface area (Å²) in [7, 11) is 0. The van der Waals surface area contributed by atoms with Crippen molar-refractivity contribution in [2.45, 2.75) is 18.8 Å². The first-order valence-electron chi connectivity index (χ1n) is 9.83. The minimum atomic E-state index is -0.295. The quantitative estimate of drug-likeness (QED) is 0.451. The third-order valence-corrected chi connectivity index (χ3v) is 5.22. The van der Waals surface area contributed by atoms with Crippen molar-refractivity contribution >= 4 is 16.8 Å². The topological polar surface area (TPSA) is 44.9 Å². The minimum Gasteiger partial charge on any atom is -0.361 e. The molecule has 4 heteroatoms. The highest BCUT2D eigenvalue weighted by Gasteiger charge is 2.21. The van der Waals surface area contributed by atoms with Crippen LogP contribution >= 0.6 is 0 Å². The summed E-state index contributed by atoms with van der Waals surface area (Å²) in [6.45, 7) is 0.576. The average molecular weight is 386 g/mol. The molecule has 0 aliphatic heterocycles. The molecule has 0 saturated carbocycles. The van der Waals surface area contributed by atoms with Crippen LogP contribution in [0.1, 0.15) is 29.0 Å². The molecule has 0 fully saturated rings. The van der Waals surface area contributed by atoms with Crippen molar-refractivity contribution in [3.8, 4) is 0 Å². The normalized spacial score (nSPS) is 12.0. The SMILES string of the molecule is O=C(C[C@H](c1cccc(F)c1)c1c[nH]c2ccccc12)NCCc1ccccc1. The molecule has 1 heterocycles. The zero-order chi connectivity index (χ0) is 20.1. The number of para-hydroxylation sites is 1. The van der Waals surface area contributed by atoms with Gasteiger partial charge in [-0.25, -0.2) is 4.39 Å². The van der Waals surface area contributed by atoms with Gasteiger partial charge in [-0.2, -0.15) is 0 Å². The highest BCUT2D eigenvalue weighted by atomic mass is 19.1. The third kappa shape index (κ3) is 4.54. The van der Waals surface area contributed by atoms with Crippen LogP contribution in [0.5, 0.6) is 0 Å². The Labute approximate surface area is 169 Å². The van der Waals surface area contributed by atoms with Crippen molar-refractivity contribution < 1.29 is 9.18 Å². The maximum atomic E-state index is 13.9. The monoisotopic (exact) mass is 386 g/mol. The van der Waals surface area contributed by atoms with Crippen molar-refractivity contribution in [2.75, 3.05) is 6.54 Å². The lowest BCUT2D eigenvalue weighted by molar-refractivity contribution is -0.121. The number of benzene rings is 3. The van der Waals surface area contributed by atoms with E-state index in [-0.39, 0.29) is 24.1 Å². The Hall–Kier alpha value is -3.40. The third-order valence-electron chi connectivity index (χ3n) is 5.22. The highest BCUT2D eigenvalue weighted by Crippen LogP contribution is 2.33. The number of rotatable bonds is 7. The number of carbonyl (C=O) groups excluding carboxylic acids is 1. The summed E-state index contributed by atoms with van der Waals surface area (Å²) in [4.78, 5) is 16.0. The molecule has 2 N–H and O–H groups in total. The molecule has 0 bridgehead atoms. The molecule has 3 aromatic carbocycles. The van der Waals surface area contributed by atoms with E-state index in [4.69, 9.17) is 0 Å². The number of aromatic amines is 1. The summed E-state index contributed by atoms with van der Waals surface area (Å²) in [6.07, 6.45) is 2.97. The van der Waals surface area contributed by atoms with Crippen molar-refractivity contribution in [2.24, 2.45) is 0 Å². The lowest BCUT2D eigenvalue weighted by Crippen LogP contribution is -2.27. The number of halogens is 1. The Morgan fingerprint density at radius 3 is 2.59 bits per heavy atom. The van der Waals surface area contributed by atoms with E-state index in [0.29, 0.717) is 6.54 Å². The number of hydrogen-bond donors (Lipinski definition) is 2. The number of amides is 1. The molecule has 1 atom stereocenters. The highest BCUT2D eigenvalue weighted by molar-refractivity contribution is 5.86. The molecule has 1 amide bonds. The number of nitrogens with one attached hydrogen (secondary N) is 2. The number of carbonyl (C=O) groups is 1. The Balaban J connectivity index is 1.53. The largest absolute Gasteiger partial charge is 0.361 e. The van der Waals surface area contributed by atoms with Gasteiger partial charge in [0, 0.05) is 36.0 Å². The van der Waals surface area contributed by atoms with Gasteiger partial charge in [-0.1, -0.05) is 60.7 Å². The van der Waals surface area contributed by atoms with Crippen LogP contribution in [-0.2, 0) is 11.2 Å². The average Bonchev–Trinajstić information content (AvgIpc) is 3.17. The smallest absolute Gasteiger partial charge is 0.220 e. The molecule has 1 aromatic heterocycles. The second-order valence-electron chi connectivity index (χ2n) is 7.19. The van der Waals surface area contributed by atoms with Crippen LogP contribution in [0.4, 0.5) is 4.39 Å². The van der Waals surface area contributed by atoms with Crippen LogP contribution < -0.4 is 5.32 Å². The first-order chi connectivity index (χ1) is 14.2. The molecule has 0 aliphatic carbocycles. The second-order valence-corrected chi connectivity index (χ2v) is 7.19. The zero-order valence-electron chi connectivity index (χ0n) is 16.1. The van der Waals surface area contributed by atoms with E-state index in [0.717, 1.165) is 28.5 Å². The lowest BCUT2D eigenvalue weighted by Gasteiger charge is -2.17. The molecular weight excluding hydrogens is 363 g/mol. The predicted molar refractivity (Wildman–Crippen MR) is 114 cm³/mol. The van der Waals surface area contributed by atoms with Crippen LogP contribution in [-0.4, -0.2) is 17.4 Å². The van der Waals surface area contributed by atoms with Crippen LogP contribution in [0.3, 0.4) is 0 Å². The van der Waals surface area contributed by atoms with Gasteiger partial charge >= 0.3 is 0 Å². The fourth-order valence-electron chi connectivity index (χ4n) is 3.76. The number of aromatic nitrogens is 1. The molecule has 0 saturated heterocycles. The first-order valence-corrected chi connectivity index (χ1v) is 9.83. The minimum absolute atomic E-state index is 0.0412. The standard InChI is InChI=1S/C25H23FN2O/c26-20-10-6-9-19(15-20)22(23-17-28-24-12-5-4-11-21(23)24)16-25(29)27-14-13-18-7-2-1-3-8-18/h1-12,15,17,22,28H,13-14,16H2,(H,27,29)/t22-/m1/s1. The van der Waals surface area contributed by atoms with Gasteiger partial charge in [0.1, 0.15) is 5.82 Å². The summed E-state index contributed by atoms with van der Waals surface area (Å²) in [5.74, 6) is -0.559. The fraction of sp³-hybridized carbons (Fsp3) is 0.160. The van der Waals surface area contributed by atoms with Gasteiger partial charge in [-0.15, -0.1) is 0 Å². The Kier molecular flexibility index (Phi) is 5.71. The van der Waals surface area contributed by atoms with E-state index in [1.807, 2.05) is 66.9 Å². The zero-order valence-corrected chi connectivity index (χ0v) is 16.1. The van der Waals surface area contributed by atoms with E-state index in [1.54, 1.807) is 6.07 Å².